The summed E-state index contributed by atoms with van der Waals surface area (Å²) in [7, 11) is -3.20. The SMILES string of the molecule is C[Si](C)(O[Si](C)(C)C1C=C2CCC1C2)C1C=C2CCC1C2. The van der Waals surface area contributed by atoms with Gasteiger partial charge in [-0.1, -0.05) is 23.3 Å². The second kappa shape index (κ2) is 4.68. The molecule has 0 spiro atoms. The molecule has 4 bridgehead atoms. The lowest BCUT2D eigenvalue weighted by atomic mass is 10.1. The molecule has 0 aromatic rings. The molecule has 1 nitrogen and oxygen atoms in total. The summed E-state index contributed by atoms with van der Waals surface area (Å²) in [4.78, 5) is 0. The van der Waals surface area contributed by atoms with E-state index >= 15 is 0 Å². The minimum atomic E-state index is -1.60. The smallest absolute Gasteiger partial charge is 0.180 e. The van der Waals surface area contributed by atoms with Crippen LogP contribution in [0.1, 0.15) is 38.5 Å². The summed E-state index contributed by atoms with van der Waals surface area (Å²) in [5.74, 6) is 1.87. The standard InChI is InChI=1S/C18H30OSi2/c1-20(2,17-11-13-5-7-15(17)9-13)19-21(3,4)18-12-14-6-8-16(18)10-14/h11-12,15-18H,5-10H2,1-4H3. The van der Waals surface area contributed by atoms with Crippen LogP contribution in [0.2, 0.25) is 37.3 Å². The number of fused-ring (bicyclic) bond motifs is 4. The highest BCUT2D eigenvalue weighted by molar-refractivity contribution is 6.86. The zero-order chi connectivity index (χ0) is 14.8. The molecule has 3 heteroatoms. The molecule has 0 N–H and O–H groups in total. The highest BCUT2D eigenvalue weighted by Gasteiger charge is 2.50. The van der Waals surface area contributed by atoms with Gasteiger partial charge in [0, 0.05) is 0 Å². The molecule has 4 atom stereocenters. The summed E-state index contributed by atoms with van der Waals surface area (Å²) in [6, 6.07) is 0. The molecule has 0 aromatic carbocycles. The van der Waals surface area contributed by atoms with Crippen molar-refractivity contribution in [2.75, 3.05) is 0 Å². The Bertz CT molecular complexity index is 471. The van der Waals surface area contributed by atoms with Gasteiger partial charge in [0.15, 0.2) is 16.6 Å². The normalized spacial score (nSPS) is 38.1. The Labute approximate surface area is 132 Å². The number of hydrogen-bond donors (Lipinski definition) is 0. The minimum Gasteiger partial charge on any atom is -0.455 e. The van der Waals surface area contributed by atoms with E-state index in [1.54, 1.807) is 11.1 Å². The lowest BCUT2D eigenvalue weighted by Crippen LogP contribution is -2.51. The summed E-state index contributed by atoms with van der Waals surface area (Å²) in [6.07, 6.45) is 13.7. The molecule has 4 rings (SSSR count). The molecule has 0 heterocycles. The first-order valence-electron chi connectivity index (χ1n) is 8.94. The van der Waals surface area contributed by atoms with Gasteiger partial charge in [0.2, 0.25) is 0 Å². The largest absolute Gasteiger partial charge is 0.455 e. The van der Waals surface area contributed by atoms with E-state index < -0.39 is 16.6 Å². The first-order chi connectivity index (χ1) is 9.85. The second-order valence-electron chi connectivity index (χ2n) is 9.02. The number of hydrogen-bond acceptors (Lipinski definition) is 1. The van der Waals surface area contributed by atoms with Gasteiger partial charge in [0.25, 0.3) is 0 Å². The summed E-state index contributed by atoms with van der Waals surface area (Å²) in [5.41, 5.74) is 5.10. The monoisotopic (exact) mass is 318 g/mol. The zero-order valence-corrected chi connectivity index (χ0v) is 16.1. The number of allylic oxidation sites excluding steroid dienone is 4. The number of rotatable bonds is 4. The highest BCUT2D eigenvalue weighted by atomic mass is 28.4. The fraction of sp³-hybridized carbons (Fsp3) is 0.778. The molecule has 21 heavy (non-hydrogen) atoms. The Hall–Kier alpha value is -0.126. The lowest BCUT2D eigenvalue weighted by molar-refractivity contribution is 0.446. The molecule has 0 amide bonds. The van der Waals surface area contributed by atoms with E-state index in [1.807, 2.05) is 0 Å². The molecule has 4 aliphatic rings. The van der Waals surface area contributed by atoms with Gasteiger partial charge in [-0.3, -0.25) is 0 Å². The average molecular weight is 319 g/mol. The fourth-order valence-electron chi connectivity index (χ4n) is 5.87. The van der Waals surface area contributed by atoms with Gasteiger partial charge in [-0.25, -0.2) is 0 Å². The van der Waals surface area contributed by atoms with Crippen molar-refractivity contribution in [3.05, 3.63) is 23.3 Å². The Morgan fingerprint density at radius 2 is 1.24 bits per heavy atom. The molecule has 0 saturated heterocycles. The third kappa shape index (κ3) is 2.36. The van der Waals surface area contributed by atoms with Crippen LogP contribution in [0.3, 0.4) is 0 Å². The Balaban J connectivity index is 1.52. The molecule has 0 radical (unpaired) electrons. The summed E-state index contributed by atoms with van der Waals surface area (Å²) in [6.45, 7) is 10.0. The predicted octanol–water partition coefficient (Wildman–Crippen LogP) is 5.63. The van der Waals surface area contributed by atoms with Crippen LogP contribution in [0, 0.1) is 11.8 Å². The van der Waals surface area contributed by atoms with E-state index in [4.69, 9.17) is 4.12 Å². The van der Waals surface area contributed by atoms with Gasteiger partial charge in [-0.05, 0) is 87.6 Å². The quantitative estimate of drug-likeness (QED) is 0.482. The molecule has 116 valence electrons. The molecule has 4 unspecified atom stereocenters. The van der Waals surface area contributed by atoms with E-state index in [0.29, 0.717) is 0 Å². The van der Waals surface area contributed by atoms with Crippen molar-refractivity contribution in [3.63, 3.8) is 0 Å². The van der Waals surface area contributed by atoms with Crippen molar-refractivity contribution in [3.8, 4) is 0 Å². The molecular weight excluding hydrogens is 288 g/mol. The van der Waals surface area contributed by atoms with Crippen LogP contribution >= 0.6 is 0 Å². The maximum Gasteiger partial charge on any atom is 0.180 e. The van der Waals surface area contributed by atoms with Gasteiger partial charge in [0.1, 0.15) is 0 Å². The Kier molecular flexibility index (Phi) is 3.23. The topological polar surface area (TPSA) is 9.23 Å². The lowest BCUT2D eigenvalue weighted by Gasteiger charge is -2.43. The van der Waals surface area contributed by atoms with Crippen LogP contribution in [0.25, 0.3) is 0 Å². The zero-order valence-electron chi connectivity index (χ0n) is 14.1. The second-order valence-corrected chi connectivity index (χ2v) is 17.6. The highest BCUT2D eigenvalue weighted by Crippen LogP contribution is 2.55. The first-order valence-corrected chi connectivity index (χ1v) is 14.9. The molecule has 0 aromatic heterocycles. The van der Waals surface area contributed by atoms with E-state index in [-0.39, 0.29) is 0 Å². The fourth-order valence-corrected chi connectivity index (χ4v) is 16.5. The van der Waals surface area contributed by atoms with E-state index in [2.05, 4.69) is 38.3 Å². The van der Waals surface area contributed by atoms with Crippen LogP contribution in [0.5, 0.6) is 0 Å². The van der Waals surface area contributed by atoms with Gasteiger partial charge < -0.3 is 4.12 Å². The third-order valence-electron chi connectivity index (χ3n) is 6.70. The van der Waals surface area contributed by atoms with Crippen molar-refractivity contribution in [2.24, 2.45) is 11.8 Å². The van der Waals surface area contributed by atoms with Gasteiger partial charge in [-0.2, -0.15) is 0 Å². The molecule has 2 fully saturated rings. The van der Waals surface area contributed by atoms with Crippen LogP contribution in [0.15, 0.2) is 23.3 Å². The van der Waals surface area contributed by atoms with Crippen molar-refractivity contribution >= 4 is 16.6 Å². The summed E-state index contributed by atoms with van der Waals surface area (Å²) >= 11 is 0. The van der Waals surface area contributed by atoms with Crippen LogP contribution in [-0.2, 0) is 4.12 Å². The summed E-state index contributed by atoms with van der Waals surface area (Å²) in [5, 5.41) is 0. The van der Waals surface area contributed by atoms with Gasteiger partial charge in [0.05, 0.1) is 0 Å². The third-order valence-corrected chi connectivity index (χ3v) is 15.4. The van der Waals surface area contributed by atoms with Crippen LogP contribution in [0.4, 0.5) is 0 Å². The average Bonchev–Trinajstić information content (AvgIpc) is 3.17. The minimum absolute atomic E-state index is 0.805. The first kappa shape index (κ1) is 14.5. The van der Waals surface area contributed by atoms with Crippen molar-refractivity contribution in [1.29, 1.82) is 0 Å². The van der Waals surface area contributed by atoms with Gasteiger partial charge in [-0.15, -0.1) is 0 Å². The molecule has 2 saturated carbocycles. The summed E-state index contributed by atoms with van der Waals surface area (Å²) < 4.78 is 7.09. The predicted molar refractivity (Wildman–Crippen MR) is 94.4 cm³/mol. The van der Waals surface area contributed by atoms with Crippen LogP contribution in [-0.4, -0.2) is 16.6 Å². The van der Waals surface area contributed by atoms with E-state index in [0.717, 1.165) is 22.9 Å². The Morgan fingerprint density at radius 3 is 1.52 bits per heavy atom. The maximum atomic E-state index is 7.09. The van der Waals surface area contributed by atoms with E-state index in [1.165, 1.54) is 38.5 Å². The Morgan fingerprint density at radius 1 is 0.810 bits per heavy atom. The molecule has 0 aliphatic heterocycles. The van der Waals surface area contributed by atoms with Crippen molar-refractivity contribution < 1.29 is 4.12 Å². The van der Waals surface area contributed by atoms with Gasteiger partial charge >= 0.3 is 0 Å². The van der Waals surface area contributed by atoms with Crippen molar-refractivity contribution in [2.45, 2.75) is 75.8 Å². The molecular formula is C18H30OSi2. The maximum absolute atomic E-state index is 7.09. The van der Waals surface area contributed by atoms with Crippen molar-refractivity contribution in [1.82, 2.24) is 0 Å². The van der Waals surface area contributed by atoms with E-state index in [9.17, 15) is 0 Å². The van der Waals surface area contributed by atoms with Crippen LogP contribution < -0.4 is 0 Å². The molecule has 4 aliphatic carbocycles.